The molecule has 0 bridgehead atoms. The largest absolute Gasteiger partial charge is 0.493 e. The molecule has 0 radical (unpaired) electrons. The van der Waals surface area contributed by atoms with E-state index in [1.165, 1.54) is 13.2 Å². The summed E-state index contributed by atoms with van der Waals surface area (Å²) >= 11 is 24.5. The van der Waals surface area contributed by atoms with Gasteiger partial charge in [0.1, 0.15) is 18.2 Å². The number of aryl methyl sites for hydroxylation is 1. The Hall–Kier alpha value is -2.88. The normalized spacial score (nSPS) is 11.0. The number of carbonyl (C=O) groups is 1. The predicted molar refractivity (Wildman–Crippen MR) is 137 cm³/mol. The standard InChI is InChI=1S/C25H18Cl4N2O3/c1-14-3-5-18(11-20(14)27)31-25(32)17(12-30)7-16-9-22(29)24(23(10-16)33-2)34-13-15-4-6-19(26)21(28)8-15/h3-11H,13H2,1-2H3,(H,31,32)/b17-7-. The number of nitrogens with one attached hydrogen (secondary N) is 1. The Morgan fingerprint density at radius 1 is 1.00 bits per heavy atom. The minimum atomic E-state index is -0.586. The molecule has 34 heavy (non-hydrogen) atoms. The molecule has 9 heteroatoms. The molecule has 0 heterocycles. The third kappa shape index (κ3) is 6.37. The number of carbonyl (C=O) groups excluding carboxylic acids is 1. The van der Waals surface area contributed by atoms with Crippen molar-refractivity contribution >= 4 is 64.1 Å². The first-order valence-corrected chi connectivity index (χ1v) is 11.4. The van der Waals surface area contributed by atoms with E-state index in [0.29, 0.717) is 37.8 Å². The van der Waals surface area contributed by atoms with Crippen LogP contribution in [0.5, 0.6) is 11.5 Å². The van der Waals surface area contributed by atoms with Gasteiger partial charge in [-0.15, -0.1) is 0 Å². The fraction of sp³-hybridized carbons (Fsp3) is 0.120. The van der Waals surface area contributed by atoms with Gasteiger partial charge in [-0.25, -0.2) is 0 Å². The maximum absolute atomic E-state index is 12.6. The molecule has 1 amide bonds. The molecular formula is C25H18Cl4N2O3. The van der Waals surface area contributed by atoms with Gasteiger partial charge >= 0.3 is 0 Å². The number of amides is 1. The number of nitrogens with zero attached hydrogens (tertiary/aromatic N) is 1. The summed E-state index contributed by atoms with van der Waals surface area (Å²) < 4.78 is 11.2. The number of rotatable bonds is 7. The minimum absolute atomic E-state index is 0.126. The third-order valence-electron chi connectivity index (χ3n) is 4.72. The Morgan fingerprint density at radius 3 is 2.41 bits per heavy atom. The summed E-state index contributed by atoms with van der Waals surface area (Å²) in [4.78, 5) is 12.6. The van der Waals surface area contributed by atoms with Crippen LogP contribution in [0.2, 0.25) is 20.1 Å². The molecular weight excluding hydrogens is 518 g/mol. The first-order chi connectivity index (χ1) is 16.2. The molecule has 0 unspecified atom stereocenters. The molecule has 3 rings (SSSR count). The highest BCUT2D eigenvalue weighted by Crippen LogP contribution is 2.38. The minimum Gasteiger partial charge on any atom is -0.493 e. The molecule has 0 atom stereocenters. The van der Waals surface area contributed by atoms with E-state index in [1.807, 2.05) is 13.0 Å². The SMILES string of the molecule is COc1cc(/C=C(/C#N)C(=O)Nc2ccc(C)c(Cl)c2)cc(Cl)c1OCc1ccc(Cl)c(Cl)c1. The molecule has 174 valence electrons. The molecule has 5 nitrogen and oxygen atoms in total. The molecule has 0 aromatic heterocycles. The highest BCUT2D eigenvalue weighted by molar-refractivity contribution is 6.42. The number of hydrogen-bond donors (Lipinski definition) is 1. The van der Waals surface area contributed by atoms with Gasteiger partial charge in [-0.1, -0.05) is 58.5 Å². The zero-order valence-electron chi connectivity index (χ0n) is 18.1. The zero-order valence-corrected chi connectivity index (χ0v) is 21.1. The van der Waals surface area contributed by atoms with Gasteiger partial charge in [-0.2, -0.15) is 5.26 Å². The van der Waals surface area contributed by atoms with Crippen LogP contribution in [0.25, 0.3) is 6.08 Å². The van der Waals surface area contributed by atoms with Gasteiger partial charge in [0.05, 0.1) is 22.2 Å². The lowest BCUT2D eigenvalue weighted by atomic mass is 10.1. The average Bonchev–Trinajstić information content (AvgIpc) is 2.80. The van der Waals surface area contributed by atoms with E-state index in [-0.39, 0.29) is 17.2 Å². The second-order valence-electron chi connectivity index (χ2n) is 7.16. The summed E-state index contributed by atoms with van der Waals surface area (Å²) in [6.07, 6.45) is 1.41. The van der Waals surface area contributed by atoms with Crippen molar-refractivity contribution in [1.82, 2.24) is 0 Å². The number of ether oxygens (including phenoxy) is 2. The summed E-state index contributed by atoms with van der Waals surface area (Å²) in [5.41, 5.74) is 2.50. The van der Waals surface area contributed by atoms with Crippen LogP contribution in [0.4, 0.5) is 5.69 Å². The molecule has 0 aliphatic heterocycles. The Morgan fingerprint density at radius 2 is 1.76 bits per heavy atom. The Labute approximate surface area is 217 Å². The number of benzene rings is 3. The predicted octanol–water partition coefficient (Wildman–Crippen LogP) is 7.74. The number of methoxy groups -OCH3 is 1. The Balaban J connectivity index is 1.82. The summed E-state index contributed by atoms with van der Waals surface area (Å²) in [5, 5.41) is 13.8. The van der Waals surface area contributed by atoms with Crippen LogP contribution in [-0.4, -0.2) is 13.0 Å². The first kappa shape index (κ1) is 25.7. The molecule has 0 saturated carbocycles. The van der Waals surface area contributed by atoms with E-state index >= 15 is 0 Å². The van der Waals surface area contributed by atoms with Gasteiger partial charge in [-0.05, 0) is 66.1 Å². The van der Waals surface area contributed by atoms with Crippen molar-refractivity contribution in [2.45, 2.75) is 13.5 Å². The van der Waals surface area contributed by atoms with E-state index in [0.717, 1.165) is 11.1 Å². The number of halogens is 4. The number of nitriles is 1. The maximum Gasteiger partial charge on any atom is 0.266 e. The molecule has 0 aliphatic carbocycles. The molecule has 1 N–H and O–H groups in total. The molecule has 3 aromatic carbocycles. The lowest BCUT2D eigenvalue weighted by Crippen LogP contribution is -2.13. The van der Waals surface area contributed by atoms with E-state index in [4.69, 9.17) is 55.9 Å². The van der Waals surface area contributed by atoms with Crippen molar-refractivity contribution in [3.63, 3.8) is 0 Å². The quantitative estimate of drug-likeness (QED) is 0.248. The fourth-order valence-corrected chi connectivity index (χ4v) is 3.71. The van der Waals surface area contributed by atoms with Crippen LogP contribution in [0.15, 0.2) is 54.1 Å². The lowest BCUT2D eigenvalue weighted by Gasteiger charge is -2.14. The van der Waals surface area contributed by atoms with Gasteiger partial charge in [-0.3, -0.25) is 4.79 Å². The summed E-state index contributed by atoms with van der Waals surface area (Å²) in [7, 11) is 1.46. The van der Waals surface area contributed by atoms with E-state index in [9.17, 15) is 10.1 Å². The van der Waals surface area contributed by atoms with Crippen LogP contribution in [0, 0.1) is 18.3 Å². The van der Waals surface area contributed by atoms with Gasteiger partial charge in [0.15, 0.2) is 11.5 Å². The maximum atomic E-state index is 12.6. The van der Waals surface area contributed by atoms with E-state index < -0.39 is 5.91 Å². The van der Waals surface area contributed by atoms with Crippen LogP contribution in [0.3, 0.4) is 0 Å². The van der Waals surface area contributed by atoms with Crippen molar-refractivity contribution < 1.29 is 14.3 Å². The molecule has 0 fully saturated rings. The summed E-state index contributed by atoms with van der Waals surface area (Å²) in [5.74, 6) is 0.0592. The topological polar surface area (TPSA) is 71.3 Å². The smallest absolute Gasteiger partial charge is 0.266 e. The van der Waals surface area contributed by atoms with Crippen LogP contribution in [-0.2, 0) is 11.4 Å². The Bertz CT molecular complexity index is 1320. The van der Waals surface area contributed by atoms with Crippen LogP contribution >= 0.6 is 46.4 Å². The van der Waals surface area contributed by atoms with Crippen molar-refractivity contribution in [2.75, 3.05) is 12.4 Å². The van der Waals surface area contributed by atoms with Crippen molar-refractivity contribution in [2.24, 2.45) is 0 Å². The molecule has 3 aromatic rings. The Kier molecular flexibility index (Phi) is 8.71. The van der Waals surface area contributed by atoms with Crippen LogP contribution in [0.1, 0.15) is 16.7 Å². The molecule has 0 spiro atoms. The number of anilines is 1. The van der Waals surface area contributed by atoms with Crippen molar-refractivity contribution in [3.05, 3.63) is 90.9 Å². The summed E-state index contributed by atoms with van der Waals surface area (Å²) in [6, 6.07) is 15.3. The fourth-order valence-electron chi connectivity index (χ4n) is 2.93. The van der Waals surface area contributed by atoms with Crippen molar-refractivity contribution in [1.29, 1.82) is 5.26 Å². The molecule has 0 aliphatic rings. The van der Waals surface area contributed by atoms with Gasteiger partial charge in [0.2, 0.25) is 0 Å². The van der Waals surface area contributed by atoms with Gasteiger partial charge in [0, 0.05) is 10.7 Å². The second kappa shape index (κ2) is 11.5. The monoisotopic (exact) mass is 534 g/mol. The highest BCUT2D eigenvalue weighted by atomic mass is 35.5. The first-order valence-electron chi connectivity index (χ1n) is 9.85. The molecule has 0 saturated heterocycles. The third-order valence-corrected chi connectivity index (χ3v) is 6.15. The second-order valence-corrected chi connectivity index (χ2v) is 8.79. The van der Waals surface area contributed by atoms with E-state index in [2.05, 4.69) is 5.32 Å². The summed E-state index contributed by atoms with van der Waals surface area (Å²) in [6.45, 7) is 2.02. The lowest BCUT2D eigenvalue weighted by molar-refractivity contribution is -0.112. The van der Waals surface area contributed by atoms with Gasteiger partial charge in [0.25, 0.3) is 5.91 Å². The van der Waals surface area contributed by atoms with Crippen molar-refractivity contribution in [3.8, 4) is 17.6 Å². The number of hydrogen-bond acceptors (Lipinski definition) is 4. The highest BCUT2D eigenvalue weighted by Gasteiger charge is 2.15. The van der Waals surface area contributed by atoms with Crippen LogP contribution < -0.4 is 14.8 Å². The average molecular weight is 536 g/mol. The van der Waals surface area contributed by atoms with E-state index in [1.54, 1.807) is 48.5 Å². The van der Waals surface area contributed by atoms with Gasteiger partial charge < -0.3 is 14.8 Å². The zero-order chi connectivity index (χ0) is 24.8.